The molecule has 0 aliphatic carbocycles. The van der Waals surface area contributed by atoms with Crippen LogP contribution >= 0.6 is 11.3 Å². The van der Waals surface area contributed by atoms with Crippen molar-refractivity contribution in [3.05, 3.63) is 11.1 Å². The van der Waals surface area contributed by atoms with E-state index in [0.29, 0.717) is 10.7 Å². The summed E-state index contributed by atoms with van der Waals surface area (Å²) in [6, 6.07) is -1.98. The molecule has 0 spiro atoms. The van der Waals surface area contributed by atoms with Crippen molar-refractivity contribution in [2.45, 2.75) is 31.8 Å². The molecule has 2 atom stereocenters. The Bertz CT molecular complexity index is 817. The molecule has 0 saturated carbocycles. The van der Waals surface area contributed by atoms with E-state index < -0.39 is 34.2 Å². The number of carbonyl (C=O) groups excluding carboxylic acids is 2. The first kappa shape index (κ1) is 22.8. The van der Waals surface area contributed by atoms with Crippen LogP contribution in [0.15, 0.2) is 10.5 Å². The number of carbonyl (C=O) groups is 2. The van der Waals surface area contributed by atoms with Crippen molar-refractivity contribution < 1.29 is 58.4 Å². The molecule has 1 aromatic heterocycles. The normalized spacial score (nSPS) is 20.2. The molecule has 1 aliphatic rings. The Morgan fingerprint density at radius 2 is 2.27 bits per heavy atom. The zero-order valence-corrected chi connectivity index (χ0v) is 18.0. The third kappa shape index (κ3) is 4.72. The maximum atomic E-state index is 12.4. The van der Waals surface area contributed by atoms with Crippen molar-refractivity contribution in [3.8, 4) is 0 Å². The molecule has 0 unspecified atom stereocenters. The predicted octanol–water partition coefficient (Wildman–Crippen LogP) is -3.51. The number of nitrogens with zero attached hydrogens (tertiary/aromatic N) is 3. The van der Waals surface area contributed by atoms with Crippen LogP contribution in [-0.2, 0) is 24.7 Å². The summed E-state index contributed by atoms with van der Waals surface area (Å²) in [5.41, 5.74) is 5.48. The predicted molar refractivity (Wildman–Crippen MR) is 90.2 cm³/mol. The number of nitrogens with two attached hydrogens (primary N) is 1. The number of rotatable bonds is 7. The smallest absolute Gasteiger partial charge is 1.00 e. The summed E-state index contributed by atoms with van der Waals surface area (Å²) >= 11 is 1.09. The van der Waals surface area contributed by atoms with Crippen LogP contribution in [0.2, 0.25) is 0 Å². The fourth-order valence-corrected chi connectivity index (χ4v) is 3.90. The number of amides is 2. The van der Waals surface area contributed by atoms with Crippen molar-refractivity contribution in [1.82, 2.24) is 14.6 Å². The van der Waals surface area contributed by atoms with E-state index in [2.05, 4.69) is 20.3 Å². The fraction of sp³-hybridized carbons (Fsp3) is 0.500. The minimum atomic E-state index is -4.68. The Kier molecular flexibility index (Phi) is 7.98. The van der Waals surface area contributed by atoms with E-state index in [1.165, 1.54) is 12.5 Å². The van der Waals surface area contributed by atoms with E-state index in [-0.39, 0.29) is 53.9 Å². The van der Waals surface area contributed by atoms with Gasteiger partial charge in [0.05, 0.1) is 6.04 Å². The average molecular weight is 415 g/mol. The van der Waals surface area contributed by atoms with Crippen molar-refractivity contribution in [3.63, 3.8) is 0 Å². The van der Waals surface area contributed by atoms with Gasteiger partial charge in [0.1, 0.15) is 18.8 Å². The number of nitrogen functional groups attached to an aromatic ring is 1. The van der Waals surface area contributed by atoms with Gasteiger partial charge in [0.25, 0.3) is 11.8 Å². The van der Waals surface area contributed by atoms with Crippen LogP contribution in [-0.4, -0.2) is 59.0 Å². The summed E-state index contributed by atoms with van der Waals surface area (Å²) in [6.45, 7) is 1.78. The maximum absolute atomic E-state index is 12.4. The van der Waals surface area contributed by atoms with Gasteiger partial charge < -0.3 is 17.3 Å². The van der Waals surface area contributed by atoms with Crippen LogP contribution in [0.4, 0.5) is 5.13 Å². The van der Waals surface area contributed by atoms with E-state index in [0.717, 1.165) is 11.3 Å². The molecule has 2 rings (SSSR count). The van der Waals surface area contributed by atoms with E-state index in [4.69, 9.17) is 10.3 Å². The molecule has 140 valence electrons. The van der Waals surface area contributed by atoms with Gasteiger partial charge in [0, 0.05) is 5.38 Å². The minimum Gasteiger partial charge on any atom is -1.00 e. The summed E-state index contributed by atoms with van der Waals surface area (Å²) in [5, 5.41) is 7.69. The van der Waals surface area contributed by atoms with E-state index >= 15 is 0 Å². The zero-order chi connectivity index (χ0) is 18.8. The Morgan fingerprint density at radius 3 is 2.73 bits per heavy atom. The Labute approximate surface area is 177 Å². The van der Waals surface area contributed by atoms with Crippen LogP contribution in [0.25, 0.3) is 0 Å². The van der Waals surface area contributed by atoms with Crippen LogP contribution in [0.3, 0.4) is 0 Å². The molecule has 11 nitrogen and oxygen atoms in total. The Morgan fingerprint density at radius 1 is 1.62 bits per heavy atom. The van der Waals surface area contributed by atoms with Crippen LogP contribution in [0.5, 0.6) is 0 Å². The molecule has 2 amide bonds. The number of aromatic nitrogens is 1. The molecule has 1 aromatic rings. The van der Waals surface area contributed by atoms with Gasteiger partial charge in [-0.3, -0.25) is 14.1 Å². The topological polar surface area (TPSA) is 164 Å². The summed E-state index contributed by atoms with van der Waals surface area (Å²) < 4.78 is 32.1. The fourth-order valence-electron chi connectivity index (χ4n) is 2.44. The van der Waals surface area contributed by atoms with E-state index in [1.54, 1.807) is 6.92 Å². The number of anilines is 1. The number of thiazole rings is 1. The first-order chi connectivity index (χ1) is 11.7. The zero-order valence-electron chi connectivity index (χ0n) is 15.4. The van der Waals surface area contributed by atoms with Gasteiger partial charge in [-0.15, -0.1) is 11.3 Å². The van der Waals surface area contributed by atoms with Crippen LogP contribution in [0, 0.1) is 0 Å². The van der Waals surface area contributed by atoms with Crippen LogP contribution in [0.1, 0.15) is 26.9 Å². The largest absolute Gasteiger partial charge is 1.00 e. The second kappa shape index (κ2) is 9.10. The molecular weight excluding hydrogens is 397 g/mol. The molecule has 0 bridgehead atoms. The van der Waals surface area contributed by atoms with Gasteiger partial charge in [-0.1, -0.05) is 18.5 Å². The molecule has 1 saturated heterocycles. The number of nitrogens with one attached hydrogen (secondary N) is 1. The number of β-lactam (4-membered cyclic amide) rings is 1. The molecular formula is C12H18N5NaO6S2. The second-order valence-corrected chi connectivity index (χ2v) is 7.29. The molecule has 2 heterocycles. The van der Waals surface area contributed by atoms with E-state index in [1.807, 2.05) is 0 Å². The molecule has 1 aliphatic heterocycles. The number of hydrogen-bond donors (Lipinski definition) is 3. The van der Waals surface area contributed by atoms with Crippen molar-refractivity contribution in [2.75, 3.05) is 12.8 Å². The third-order valence-corrected chi connectivity index (χ3v) is 5.07. The monoisotopic (exact) mass is 415 g/mol. The van der Waals surface area contributed by atoms with Gasteiger partial charge in [-0.05, 0) is 6.42 Å². The Balaban J connectivity index is 0.00000338. The Hall–Kier alpha value is -1.25. The number of oxime groups is 1. The standard InChI is InChI=1S/C12H17N5O6S2.Na.H/c1-3-4-7-9(11(19)17(7)25(20,21)22)15-10(18)8(16-23-2)6-5-24-12(13)14-6;;/h5,7,9H,3-4H2,1-2H3,(H2,13,14)(H,15,18)(H,20,21,22);;/q;+1;-1/b16-8-;;/t7-,9+;;/m1../s1. The second-order valence-electron chi connectivity index (χ2n) is 5.11. The van der Waals surface area contributed by atoms with Gasteiger partial charge in [0.15, 0.2) is 10.8 Å². The summed E-state index contributed by atoms with van der Waals surface area (Å²) in [5.74, 6) is -1.70. The summed E-state index contributed by atoms with van der Waals surface area (Å²) in [7, 11) is -3.45. The van der Waals surface area contributed by atoms with Gasteiger partial charge >= 0.3 is 39.9 Å². The van der Waals surface area contributed by atoms with Crippen molar-refractivity contribution in [2.24, 2.45) is 5.16 Å². The van der Waals surface area contributed by atoms with Crippen molar-refractivity contribution >= 4 is 44.3 Å². The molecule has 14 heteroatoms. The average Bonchev–Trinajstić information content (AvgIpc) is 2.94. The van der Waals surface area contributed by atoms with Gasteiger partial charge in [-0.2, -0.15) is 8.42 Å². The van der Waals surface area contributed by atoms with E-state index in [9.17, 15) is 18.0 Å². The van der Waals surface area contributed by atoms with Crippen LogP contribution < -0.4 is 40.6 Å². The maximum Gasteiger partial charge on any atom is 1.00 e. The summed E-state index contributed by atoms with van der Waals surface area (Å²) in [4.78, 5) is 33.0. The molecule has 0 aromatic carbocycles. The van der Waals surface area contributed by atoms with Crippen molar-refractivity contribution in [1.29, 1.82) is 0 Å². The molecule has 1 fully saturated rings. The minimum absolute atomic E-state index is 0. The SMILES string of the molecule is CCC[C@@H]1[C@H](NC(=O)/C(=N\OC)c2csc(N)n2)C(=O)N1S(=O)(=O)O.[H-].[Na+]. The van der Waals surface area contributed by atoms with Gasteiger partial charge in [0.2, 0.25) is 0 Å². The third-order valence-electron chi connectivity index (χ3n) is 3.45. The number of hydrogen-bond acceptors (Lipinski definition) is 9. The first-order valence-electron chi connectivity index (χ1n) is 7.14. The molecule has 0 radical (unpaired) electrons. The van der Waals surface area contributed by atoms with Gasteiger partial charge in [-0.25, -0.2) is 9.29 Å². The molecule has 26 heavy (non-hydrogen) atoms. The molecule has 4 N–H and O–H groups in total. The summed E-state index contributed by atoms with van der Waals surface area (Å²) in [6.07, 6.45) is 0.814. The quantitative estimate of drug-likeness (QED) is 0.136. The first-order valence-corrected chi connectivity index (χ1v) is 9.42.